The van der Waals surface area contributed by atoms with Gasteiger partial charge in [0, 0.05) is 17.8 Å². The van der Waals surface area contributed by atoms with E-state index < -0.39 is 20.8 Å². The summed E-state index contributed by atoms with van der Waals surface area (Å²) in [7, 11) is -4.22. The summed E-state index contributed by atoms with van der Waals surface area (Å²) in [5.41, 5.74) is 1.04. The standard InChI is InChI=1S/C20H14FN5O4S/c21-13-8-10-14(11-9-13)22-19-20(24-18-7-2-1-6-17(18)23-19)25-31(29,30)16-5-3-4-15(12-16)26(27)28/h1-12H,(H,22,23)(H,24,25). The van der Waals surface area contributed by atoms with E-state index >= 15 is 0 Å². The van der Waals surface area contributed by atoms with Crippen molar-refractivity contribution in [2.75, 3.05) is 10.0 Å². The number of para-hydroxylation sites is 2. The second-order valence-electron chi connectivity index (χ2n) is 6.40. The highest BCUT2D eigenvalue weighted by Gasteiger charge is 2.21. The number of nitro benzene ring substituents is 1. The number of fused-ring (bicyclic) bond motifs is 1. The van der Waals surface area contributed by atoms with Crippen LogP contribution in [0.3, 0.4) is 0 Å². The molecule has 4 aromatic rings. The lowest BCUT2D eigenvalue weighted by Gasteiger charge is -2.14. The zero-order valence-corrected chi connectivity index (χ0v) is 16.5. The van der Waals surface area contributed by atoms with E-state index in [4.69, 9.17) is 0 Å². The topological polar surface area (TPSA) is 127 Å². The number of anilines is 3. The first-order valence-corrected chi connectivity index (χ1v) is 10.4. The van der Waals surface area contributed by atoms with Crippen molar-refractivity contribution in [3.05, 3.63) is 88.7 Å². The predicted octanol–water partition coefficient (Wildman–Crippen LogP) is 4.22. The fourth-order valence-corrected chi connectivity index (χ4v) is 3.83. The zero-order valence-electron chi connectivity index (χ0n) is 15.7. The number of benzene rings is 3. The van der Waals surface area contributed by atoms with Crippen molar-refractivity contribution in [3.63, 3.8) is 0 Å². The maximum Gasteiger partial charge on any atom is 0.270 e. The summed E-state index contributed by atoms with van der Waals surface area (Å²) in [5.74, 6) is -0.462. The van der Waals surface area contributed by atoms with Crippen molar-refractivity contribution < 1.29 is 17.7 Å². The van der Waals surface area contributed by atoms with E-state index in [1.54, 1.807) is 24.3 Å². The van der Waals surface area contributed by atoms with Crippen LogP contribution in [0.25, 0.3) is 11.0 Å². The van der Waals surface area contributed by atoms with Crippen LogP contribution in [0.1, 0.15) is 0 Å². The molecule has 2 N–H and O–H groups in total. The van der Waals surface area contributed by atoms with Gasteiger partial charge in [0.05, 0.1) is 20.9 Å². The van der Waals surface area contributed by atoms with Crippen molar-refractivity contribution in [3.8, 4) is 0 Å². The molecule has 0 amide bonds. The quantitative estimate of drug-likeness (QED) is 0.340. The Balaban J connectivity index is 1.77. The van der Waals surface area contributed by atoms with Gasteiger partial charge in [-0.3, -0.25) is 14.8 Å². The number of hydrogen-bond donors (Lipinski definition) is 2. The molecule has 0 aliphatic heterocycles. The number of non-ortho nitro benzene ring substituents is 1. The van der Waals surface area contributed by atoms with E-state index in [1.165, 1.54) is 42.5 Å². The minimum absolute atomic E-state index is 0.0827. The molecule has 1 aromatic heterocycles. The van der Waals surface area contributed by atoms with Gasteiger partial charge in [0.15, 0.2) is 11.6 Å². The number of rotatable bonds is 6. The van der Waals surface area contributed by atoms with E-state index in [2.05, 4.69) is 20.0 Å². The molecular formula is C20H14FN5O4S. The summed E-state index contributed by atoms with van der Waals surface area (Å²) < 4.78 is 41.3. The van der Waals surface area contributed by atoms with Crippen LogP contribution in [0.2, 0.25) is 0 Å². The normalized spacial score (nSPS) is 11.3. The minimum atomic E-state index is -4.22. The van der Waals surface area contributed by atoms with Gasteiger partial charge in [-0.05, 0) is 42.5 Å². The Hall–Kier alpha value is -4.12. The van der Waals surface area contributed by atoms with Gasteiger partial charge in [0.1, 0.15) is 5.82 Å². The van der Waals surface area contributed by atoms with Crippen LogP contribution in [-0.2, 0) is 10.0 Å². The van der Waals surface area contributed by atoms with E-state index in [9.17, 15) is 22.9 Å². The number of nitro groups is 1. The lowest BCUT2D eigenvalue weighted by atomic mass is 10.3. The van der Waals surface area contributed by atoms with Crippen LogP contribution >= 0.6 is 0 Å². The van der Waals surface area contributed by atoms with Crippen molar-refractivity contribution >= 4 is 44.1 Å². The summed E-state index contributed by atoms with van der Waals surface area (Å²) in [6, 6.07) is 16.9. The van der Waals surface area contributed by atoms with Crippen LogP contribution in [0.15, 0.2) is 77.7 Å². The fourth-order valence-electron chi connectivity index (χ4n) is 2.78. The number of halogens is 1. The molecular weight excluding hydrogens is 425 g/mol. The van der Waals surface area contributed by atoms with Crippen molar-refractivity contribution in [2.45, 2.75) is 4.90 Å². The molecule has 0 fully saturated rings. The summed E-state index contributed by atoms with van der Waals surface area (Å²) in [4.78, 5) is 18.8. The second-order valence-corrected chi connectivity index (χ2v) is 8.08. The van der Waals surface area contributed by atoms with E-state index in [0.717, 1.165) is 6.07 Å². The SMILES string of the molecule is O=[N+]([O-])c1cccc(S(=O)(=O)Nc2nc3ccccc3nc2Nc2ccc(F)cc2)c1. The lowest BCUT2D eigenvalue weighted by molar-refractivity contribution is -0.385. The lowest BCUT2D eigenvalue weighted by Crippen LogP contribution is -2.16. The maximum atomic E-state index is 13.2. The molecule has 0 radical (unpaired) electrons. The van der Waals surface area contributed by atoms with Crippen LogP contribution in [0.4, 0.5) is 27.4 Å². The molecule has 156 valence electrons. The second kappa shape index (κ2) is 7.95. The smallest absolute Gasteiger partial charge is 0.270 e. The molecule has 4 rings (SSSR count). The predicted molar refractivity (Wildman–Crippen MR) is 113 cm³/mol. The van der Waals surface area contributed by atoms with Crippen LogP contribution in [-0.4, -0.2) is 23.3 Å². The molecule has 9 nitrogen and oxygen atoms in total. The number of nitrogens with one attached hydrogen (secondary N) is 2. The molecule has 0 atom stereocenters. The third-order valence-electron chi connectivity index (χ3n) is 4.25. The number of sulfonamides is 1. The van der Waals surface area contributed by atoms with Gasteiger partial charge in [-0.2, -0.15) is 0 Å². The first kappa shape index (κ1) is 20.2. The summed E-state index contributed by atoms with van der Waals surface area (Å²) >= 11 is 0. The van der Waals surface area contributed by atoms with Gasteiger partial charge < -0.3 is 5.32 Å². The molecule has 1 heterocycles. The summed E-state index contributed by atoms with van der Waals surface area (Å²) in [5, 5.41) is 13.9. The average molecular weight is 439 g/mol. The van der Waals surface area contributed by atoms with Gasteiger partial charge in [-0.15, -0.1) is 0 Å². The summed E-state index contributed by atoms with van der Waals surface area (Å²) in [6.45, 7) is 0. The van der Waals surface area contributed by atoms with Gasteiger partial charge in [0.25, 0.3) is 15.7 Å². The Morgan fingerprint density at radius 1 is 0.871 bits per heavy atom. The van der Waals surface area contributed by atoms with Crippen molar-refractivity contribution in [1.82, 2.24) is 9.97 Å². The molecule has 0 saturated heterocycles. The molecule has 0 aliphatic rings. The Labute approximate surface area is 175 Å². The number of nitrogens with zero attached hydrogens (tertiary/aromatic N) is 3. The first-order chi connectivity index (χ1) is 14.8. The maximum absolute atomic E-state index is 13.2. The molecule has 0 unspecified atom stereocenters. The van der Waals surface area contributed by atoms with Crippen LogP contribution < -0.4 is 10.0 Å². The fraction of sp³-hybridized carbons (Fsp3) is 0. The Bertz CT molecular complexity index is 1390. The monoisotopic (exact) mass is 439 g/mol. The average Bonchev–Trinajstić information content (AvgIpc) is 2.75. The molecule has 0 aliphatic carbocycles. The third-order valence-corrected chi connectivity index (χ3v) is 5.58. The molecule has 31 heavy (non-hydrogen) atoms. The van der Waals surface area contributed by atoms with E-state index in [1.807, 2.05) is 0 Å². The molecule has 0 spiro atoms. The van der Waals surface area contributed by atoms with Crippen molar-refractivity contribution in [1.29, 1.82) is 0 Å². The highest BCUT2D eigenvalue weighted by atomic mass is 32.2. The van der Waals surface area contributed by atoms with Gasteiger partial charge in [-0.25, -0.2) is 22.8 Å². The summed E-state index contributed by atoms with van der Waals surface area (Å²) in [6.07, 6.45) is 0. The van der Waals surface area contributed by atoms with Crippen molar-refractivity contribution in [2.24, 2.45) is 0 Å². The largest absolute Gasteiger partial charge is 0.337 e. The molecule has 11 heteroatoms. The van der Waals surface area contributed by atoms with Gasteiger partial charge in [0.2, 0.25) is 0 Å². The van der Waals surface area contributed by atoms with Crippen LogP contribution in [0.5, 0.6) is 0 Å². The van der Waals surface area contributed by atoms with Crippen LogP contribution in [0, 0.1) is 15.9 Å². The molecule has 0 bridgehead atoms. The van der Waals surface area contributed by atoms with Gasteiger partial charge >= 0.3 is 0 Å². The van der Waals surface area contributed by atoms with Gasteiger partial charge in [-0.1, -0.05) is 18.2 Å². The van der Waals surface area contributed by atoms with E-state index in [0.29, 0.717) is 16.7 Å². The highest BCUT2D eigenvalue weighted by Crippen LogP contribution is 2.28. The van der Waals surface area contributed by atoms with E-state index in [-0.39, 0.29) is 22.2 Å². The molecule has 0 saturated carbocycles. The number of hydrogen-bond acceptors (Lipinski definition) is 7. The Kier molecular flexibility index (Phi) is 5.17. The third kappa shape index (κ3) is 4.41. The Morgan fingerprint density at radius 2 is 1.52 bits per heavy atom. The highest BCUT2D eigenvalue weighted by molar-refractivity contribution is 7.92. The minimum Gasteiger partial charge on any atom is -0.337 e. The Morgan fingerprint density at radius 3 is 2.16 bits per heavy atom. The number of aromatic nitrogens is 2. The molecule has 3 aromatic carbocycles. The first-order valence-electron chi connectivity index (χ1n) is 8.88. The zero-order chi connectivity index (χ0) is 22.0.